The smallest absolute Gasteiger partial charge is 0.258 e. The number of anilines is 1. The number of benzene rings is 2. The Kier molecular flexibility index (Phi) is 7.71. The van der Waals surface area contributed by atoms with Crippen LogP contribution in [-0.2, 0) is 13.1 Å². The highest BCUT2D eigenvalue weighted by atomic mass is 35.5. The van der Waals surface area contributed by atoms with Crippen molar-refractivity contribution in [3.8, 4) is 0 Å². The van der Waals surface area contributed by atoms with Crippen molar-refractivity contribution in [1.29, 1.82) is 0 Å². The zero-order valence-electron chi connectivity index (χ0n) is 17.7. The number of aliphatic imine (C=N–C) groups is 1. The molecular weight excluding hydrogens is 433 g/mol. The molecule has 2 aromatic carbocycles. The number of aromatic nitrogens is 2. The minimum absolute atomic E-state index is 0.313. The van der Waals surface area contributed by atoms with Gasteiger partial charge in [0, 0.05) is 39.6 Å². The maximum absolute atomic E-state index is 12.8. The van der Waals surface area contributed by atoms with Crippen molar-refractivity contribution in [1.82, 2.24) is 15.1 Å². The highest BCUT2D eigenvalue weighted by molar-refractivity contribution is 6.31. The quantitative estimate of drug-likeness (QED) is 0.372. The molecule has 1 aromatic heterocycles. The predicted molar refractivity (Wildman–Crippen MR) is 127 cm³/mol. The van der Waals surface area contributed by atoms with Crippen molar-refractivity contribution in [2.75, 3.05) is 5.32 Å². The molecule has 0 radical (unpaired) electrons. The van der Waals surface area contributed by atoms with Crippen LogP contribution in [0.2, 0.25) is 10.0 Å². The topological polar surface area (TPSA) is 71.3 Å². The third-order valence-corrected chi connectivity index (χ3v) is 5.15. The van der Waals surface area contributed by atoms with Gasteiger partial charge in [-0.25, -0.2) is 4.99 Å². The van der Waals surface area contributed by atoms with Crippen molar-refractivity contribution in [3.05, 3.63) is 81.1 Å². The van der Waals surface area contributed by atoms with Crippen molar-refractivity contribution >= 4 is 40.8 Å². The van der Waals surface area contributed by atoms with Gasteiger partial charge in [0.05, 0.1) is 12.2 Å². The molecule has 0 atom stereocenters. The molecule has 0 bridgehead atoms. The van der Waals surface area contributed by atoms with Gasteiger partial charge in [0.25, 0.3) is 5.91 Å². The van der Waals surface area contributed by atoms with Gasteiger partial charge >= 0.3 is 0 Å². The van der Waals surface area contributed by atoms with Gasteiger partial charge in [0.15, 0.2) is 0 Å². The summed E-state index contributed by atoms with van der Waals surface area (Å²) in [7, 11) is 0. The predicted octanol–water partition coefficient (Wildman–Crippen LogP) is 5.61. The van der Waals surface area contributed by atoms with Crippen LogP contribution in [0, 0.1) is 13.8 Å². The van der Waals surface area contributed by atoms with E-state index in [0.717, 1.165) is 35.5 Å². The van der Waals surface area contributed by atoms with Crippen LogP contribution < -0.4 is 10.6 Å². The third-order valence-electron chi connectivity index (χ3n) is 4.68. The zero-order chi connectivity index (χ0) is 22.4. The van der Waals surface area contributed by atoms with Crippen LogP contribution in [0.15, 0.2) is 53.7 Å². The van der Waals surface area contributed by atoms with Crippen LogP contribution in [0.5, 0.6) is 0 Å². The number of halogens is 2. The number of rotatable bonds is 6. The lowest BCUT2D eigenvalue weighted by atomic mass is 10.2. The number of nitrogens with zero attached hydrogens (tertiary/aromatic N) is 3. The monoisotopic (exact) mass is 457 g/mol. The minimum Gasteiger partial charge on any atom is -0.326 e. The second-order valence-corrected chi connectivity index (χ2v) is 8.09. The molecule has 2 N–H and O–H groups in total. The first kappa shape index (κ1) is 22.8. The second kappa shape index (κ2) is 10.5. The lowest BCUT2D eigenvalue weighted by Crippen LogP contribution is -2.36. The molecule has 0 saturated heterocycles. The summed E-state index contributed by atoms with van der Waals surface area (Å²) in [6.45, 7) is 7.23. The molecule has 1 heterocycles. The van der Waals surface area contributed by atoms with Crippen LogP contribution in [0.3, 0.4) is 0 Å². The van der Waals surface area contributed by atoms with E-state index >= 15 is 0 Å². The fraction of sp³-hybridized carbons (Fsp3) is 0.261. The van der Waals surface area contributed by atoms with E-state index in [4.69, 9.17) is 23.2 Å². The molecule has 1 amide bonds. The van der Waals surface area contributed by atoms with Crippen LogP contribution in [0.25, 0.3) is 0 Å². The molecule has 6 nitrogen and oxygen atoms in total. The first-order chi connectivity index (χ1) is 14.9. The molecule has 0 aliphatic carbocycles. The molecular formula is C23H25Cl2N5O. The Morgan fingerprint density at radius 2 is 1.90 bits per heavy atom. The van der Waals surface area contributed by atoms with E-state index in [2.05, 4.69) is 27.6 Å². The number of guanidine groups is 1. The van der Waals surface area contributed by atoms with Gasteiger partial charge in [-0.2, -0.15) is 5.10 Å². The summed E-state index contributed by atoms with van der Waals surface area (Å²) in [6.07, 6.45) is 2.99. The molecule has 3 aromatic rings. The Balaban J connectivity index is 1.86. The van der Waals surface area contributed by atoms with Crippen LogP contribution in [0.1, 0.15) is 40.5 Å². The summed E-state index contributed by atoms with van der Waals surface area (Å²) in [5.74, 6) is 0.00446. The molecule has 31 heavy (non-hydrogen) atoms. The third kappa shape index (κ3) is 6.32. The standard InChI is InChI=1S/C23H25Cl2N5O/c1-4-10-30-14-18(16(3)29-30)13-26-23(27-21-12-20(25)9-8-15(21)2)28-22(31)17-6-5-7-19(24)11-17/h5-9,11-12,14H,4,10,13H2,1-3H3,(H2,26,27,28,31). The van der Waals surface area contributed by atoms with Gasteiger partial charge in [-0.1, -0.05) is 42.3 Å². The molecule has 0 unspecified atom stereocenters. The maximum atomic E-state index is 12.8. The minimum atomic E-state index is -0.313. The molecule has 162 valence electrons. The van der Waals surface area contributed by atoms with E-state index in [9.17, 15) is 4.79 Å². The summed E-state index contributed by atoms with van der Waals surface area (Å²) >= 11 is 12.2. The summed E-state index contributed by atoms with van der Waals surface area (Å²) < 4.78 is 1.92. The number of carbonyl (C=O) groups excluding carboxylic acids is 1. The summed E-state index contributed by atoms with van der Waals surface area (Å²) in [5.41, 5.74) is 4.08. The summed E-state index contributed by atoms with van der Waals surface area (Å²) in [5, 5.41) is 11.6. The molecule has 0 aliphatic rings. The Morgan fingerprint density at radius 1 is 1.13 bits per heavy atom. The first-order valence-corrected chi connectivity index (χ1v) is 10.8. The highest BCUT2D eigenvalue weighted by Crippen LogP contribution is 2.20. The number of nitrogens with one attached hydrogen (secondary N) is 2. The van der Waals surface area contributed by atoms with Gasteiger partial charge < -0.3 is 5.32 Å². The van der Waals surface area contributed by atoms with E-state index in [0.29, 0.717) is 28.1 Å². The van der Waals surface area contributed by atoms with Crippen molar-refractivity contribution in [2.45, 2.75) is 40.3 Å². The maximum Gasteiger partial charge on any atom is 0.258 e. The van der Waals surface area contributed by atoms with Gasteiger partial charge in [0.2, 0.25) is 5.96 Å². The molecule has 3 rings (SSSR count). The number of hydrogen-bond donors (Lipinski definition) is 2. The van der Waals surface area contributed by atoms with Crippen LogP contribution in [-0.4, -0.2) is 21.6 Å². The Bertz CT molecular complexity index is 1110. The van der Waals surface area contributed by atoms with Gasteiger partial charge in [-0.05, 0) is 56.2 Å². The van der Waals surface area contributed by atoms with Gasteiger partial charge in [-0.15, -0.1) is 0 Å². The number of hydrogen-bond acceptors (Lipinski definition) is 3. The first-order valence-electron chi connectivity index (χ1n) is 10.0. The van der Waals surface area contributed by atoms with Crippen molar-refractivity contribution < 1.29 is 4.79 Å². The lowest BCUT2D eigenvalue weighted by Gasteiger charge is -2.14. The Morgan fingerprint density at radius 3 is 2.65 bits per heavy atom. The summed E-state index contributed by atoms with van der Waals surface area (Å²) in [4.78, 5) is 17.4. The van der Waals surface area contributed by atoms with E-state index in [1.165, 1.54) is 0 Å². The fourth-order valence-corrected chi connectivity index (χ4v) is 3.36. The van der Waals surface area contributed by atoms with E-state index in [1.807, 2.05) is 36.9 Å². The van der Waals surface area contributed by atoms with E-state index < -0.39 is 0 Å². The molecule has 8 heteroatoms. The van der Waals surface area contributed by atoms with Gasteiger partial charge in [0.1, 0.15) is 0 Å². The summed E-state index contributed by atoms with van der Waals surface area (Å²) in [6, 6.07) is 12.3. The molecule has 0 spiro atoms. The zero-order valence-corrected chi connectivity index (χ0v) is 19.3. The number of aryl methyl sites for hydroxylation is 3. The van der Waals surface area contributed by atoms with Crippen molar-refractivity contribution in [3.63, 3.8) is 0 Å². The normalized spacial score (nSPS) is 11.5. The molecule has 0 saturated carbocycles. The SMILES string of the molecule is CCCn1cc(CN=C(NC(=O)c2cccc(Cl)c2)Nc2cc(Cl)ccc2C)c(C)n1. The van der Waals surface area contributed by atoms with E-state index in [-0.39, 0.29) is 5.91 Å². The average Bonchev–Trinajstić information content (AvgIpc) is 3.08. The number of carbonyl (C=O) groups is 1. The van der Waals surface area contributed by atoms with Crippen LogP contribution in [0.4, 0.5) is 5.69 Å². The van der Waals surface area contributed by atoms with Crippen molar-refractivity contribution in [2.24, 2.45) is 4.99 Å². The van der Waals surface area contributed by atoms with Crippen LogP contribution >= 0.6 is 23.2 Å². The fourth-order valence-electron chi connectivity index (χ4n) is 3.00. The molecule has 0 fully saturated rings. The average molecular weight is 458 g/mol. The number of amides is 1. The molecule has 0 aliphatic heterocycles. The van der Waals surface area contributed by atoms with Gasteiger partial charge in [-0.3, -0.25) is 14.8 Å². The second-order valence-electron chi connectivity index (χ2n) is 7.22. The largest absolute Gasteiger partial charge is 0.326 e. The van der Waals surface area contributed by atoms with E-state index in [1.54, 1.807) is 30.3 Å². The Labute approximate surface area is 192 Å². The lowest BCUT2D eigenvalue weighted by molar-refractivity contribution is 0.0977. The highest BCUT2D eigenvalue weighted by Gasteiger charge is 2.12. The Hall–Kier alpha value is -2.83.